The van der Waals surface area contributed by atoms with Crippen molar-refractivity contribution in [2.75, 3.05) is 26.4 Å². The topological polar surface area (TPSA) is 57.2 Å². The van der Waals surface area contributed by atoms with Crippen molar-refractivity contribution in [2.45, 2.75) is 106 Å². The van der Waals surface area contributed by atoms with Crippen molar-refractivity contribution in [3.8, 4) is 23.0 Å². The summed E-state index contributed by atoms with van der Waals surface area (Å²) in [6.07, 6.45) is 5.53. The molecule has 0 aromatic heterocycles. The highest BCUT2D eigenvalue weighted by Gasteiger charge is 2.30. The van der Waals surface area contributed by atoms with Crippen LogP contribution in [0.4, 0.5) is 0 Å². The zero-order valence-electron chi connectivity index (χ0n) is 31.5. The predicted molar refractivity (Wildman–Crippen MR) is 205 cm³/mol. The Balaban J connectivity index is 1.83. The van der Waals surface area contributed by atoms with Gasteiger partial charge in [-0.15, -0.1) is 0 Å². The molecule has 50 heavy (non-hydrogen) atoms. The summed E-state index contributed by atoms with van der Waals surface area (Å²) in [5.41, 5.74) is 9.43. The summed E-state index contributed by atoms with van der Waals surface area (Å²) in [5, 5.41) is 11.9. The van der Waals surface area contributed by atoms with Gasteiger partial charge in [0.1, 0.15) is 23.0 Å². The second-order valence-electron chi connectivity index (χ2n) is 14.7. The fourth-order valence-electron chi connectivity index (χ4n) is 6.84. The third-order valence-electron chi connectivity index (χ3n) is 9.34. The average Bonchev–Trinajstić information content (AvgIpc) is 3.09. The van der Waals surface area contributed by atoms with E-state index in [0.29, 0.717) is 52.1 Å². The third-order valence-corrected chi connectivity index (χ3v) is 9.34. The van der Waals surface area contributed by atoms with Gasteiger partial charge in [0.25, 0.3) is 0 Å². The van der Waals surface area contributed by atoms with Gasteiger partial charge < -0.3 is 24.1 Å². The molecular formula is C45H58O5. The van der Waals surface area contributed by atoms with E-state index in [1.54, 1.807) is 0 Å². The second kappa shape index (κ2) is 17.3. The monoisotopic (exact) mass is 678 g/mol. The van der Waals surface area contributed by atoms with Gasteiger partial charge in [-0.2, -0.15) is 0 Å². The van der Waals surface area contributed by atoms with Crippen LogP contribution in [0.2, 0.25) is 0 Å². The van der Waals surface area contributed by atoms with Crippen LogP contribution in [0.1, 0.15) is 130 Å². The molecule has 8 bridgehead atoms. The van der Waals surface area contributed by atoms with Crippen molar-refractivity contribution < 1.29 is 24.1 Å². The molecule has 1 aliphatic rings. The fraction of sp³-hybridized carbons (Fsp3) is 0.467. The summed E-state index contributed by atoms with van der Waals surface area (Å²) >= 11 is 0. The highest BCUT2D eigenvalue weighted by Crippen LogP contribution is 2.43. The number of hydrogen-bond donors (Lipinski definition) is 1. The van der Waals surface area contributed by atoms with Crippen LogP contribution in [0.5, 0.6) is 23.0 Å². The van der Waals surface area contributed by atoms with E-state index in [-0.39, 0.29) is 5.41 Å². The standard InChI is InChI=1S/C45H58O5/c1-8-23-47-40-31-15-12-16-33(40)28-34-19-14-20-36(42(34)49-25-10-3)30-39-38(44(46)45(5,6)7)22-21-37(43(39)50-26-11-4)29-35-18-13-17-32(27-31)41(35)48-24-9-2/h12-22,44,46H,8-11,23-30H2,1-7H3/t44-/m1/s1. The van der Waals surface area contributed by atoms with Crippen molar-refractivity contribution in [2.24, 2.45) is 5.41 Å². The van der Waals surface area contributed by atoms with Crippen molar-refractivity contribution >= 4 is 0 Å². The van der Waals surface area contributed by atoms with E-state index >= 15 is 0 Å². The Bertz CT molecular complexity index is 1720. The lowest BCUT2D eigenvalue weighted by Crippen LogP contribution is -2.20. The molecule has 1 aliphatic carbocycles. The first-order chi connectivity index (χ1) is 24.2. The molecule has 0 amide bonds. The van der Waals surface area contributed by atoms with Gasteiger partial charge in [0.15, 0.2) is 0 Å². The summed E-state index contributed by atoms with van der Waals surface area (Å²) in [4.78, 5) is 0. The Morgan fingerprint density at radius 2 is 0.800 bits per heavy atom. The normalized spacial score (nSPS) is 13.4. The molecule has 268 valence electrons. The Labute approximate surface area is 301 Å². The zero-order chi connectivity index (χ0) is 35.7. The van der Waals surface area contributed by atoms with Gasteiger partial charge in [-0.25, -0.2) is 0 Å². The average molecular weight is 679 g/mol. The molecule has 5 nitrogen and oxygen atoms in total. The third kappa shape index (κ3) is 8.66. The Morgan fingerprint density at radius 1 is 0.480 bits per heavy atom. The molecule has 0 saturated carbocycles. The first-order valence-electron chi connectivity index (χ1n) is 18.9. The van der Waals surface area contributed by atoms with Crippen LogP contribution in [-0.2, 0) is 25.7 Å². The van der Waals surface area contributed by atoms with E-state index in [1.165, 1.54) is 0 Å². The smallest absolute Gasteiger partial charge is 0.126 e. The Morgan fingerprint density at radius 3 is 1.14 bits per heavy atom. The van der Waals surface area contributed by atoms with Crippen LogP contribution in [0, 0.1) is 5.41 Å². The van der Waals surface area contributed by atoms with Crippen LogP contribution in [0.25, 0.3) is 0 Å². The Hall–Kier alpha value is -3.96. The van der Waals surface area contributed by atoms with Gasteiger partial charge in [-0.05, 0) is 75.6 Å². The van der Waals surface area contributed by atoms with Crippen LogP contribution in [0.3, 0.4) is 0 Å². The second-order valence-corrected chi connectivity index (χ2v) is 14.7. The number of benzene rings is 4. The first-order valence-corrected chi connectivity index (χ1v) is 18.9. The maximum atomic E-state index is 11.9. The lowest BCUT2D eigenvalue weighted by molar-refractivity contribution is 0.0616. The number of fused-ring (bicyclic) bond motifs is 8. The summed E-state index contributed by atoms with van der Waals surface area (Å²) in [6, 6.07) is 23.8. The molecule has 0 unspecified atom stereocenters. The molecule has 0 fully saturated rings. The lowest BCUT2D eigenvalue weighted by atomic mass is 9.80. The van der Waals surface area contributed by atoms with Crippen LogP contribution < -0.4 is 18.9 Å². The van der Waals surface area contributed by atoms with Crippen LogP contribution in [0.15, 0.2) is 66.7 Å². The van der Waals surface area contributed by atoms with E-state index in [2.05, 4.69) is 115 Å². The SMILES string of the molecule is CCCOc1c2cccc1Cc1cccc(c1OCCC)Cc1c([C@@H](O)C(C)(C)C)ccc(c1OCCC)Cc1cccc(c1OCCC)C2. The molecular weight excluding hydrogens is 620 g/mol. The number of ether oxygens (including phenoxy) is 4. The van der Waals surface area contributed by atoms with Gasteiger partial charge in [0.05, 0.1) is 32.5 Å². The number of para-hydroxylation sites is 3. The molecule has 4 aromatic carbocycles. The highest BCUT2D eigenvalue weighted by molar-refractivity contribution is 5.57. The minimum absolute atomic E-state index is 0.367. The van der Waals surface area contributed by atoms with E-state index < -0.39 is 6.10 Å². The van der Waals surface area contributed by atoms with Gasteiger partial charge in [-0.3, -0.25) is 0 Å². The predicted octanol–water partition coefficient (Wildman–Crippen LogP) is 10.6. The quantitative estimate of drug-likeness (QED) is 0.134. The van der Waals surface area contributed by atoms with Gasteiger partial charge in [0.2, 0.25) is 0 Å². The molecule has 5 rings (SSSR count). The molecule has 0 saturated heterocycles. The van der Waals surface area contributed by atoms with Crippen molar-refractivity contribution in [1.82, 2.24) is 0 Å². The Kier molecular flexibility index (Phi) is 12.9. The zero-order valence-corrected chi connectivity index (χ0v) is 31.5. The van der Waals surface area contributed by atoms with Crippen LogP contribution in [-0.4, -0.2) is 31.5 Å². The van der Waals surface area contributed by atoms with Crippen molar-refractivity contribution in [3.63, 3.8) is 0 Å². The first kappa shape index (κ1) is 37.3. The van der Waals surface area contributed by atoms with Gasteiger partial charge in [-0.1, -0.05) is 115 Å². The fourth-order valence-corrected chi connectivity index (χ4v) is 6.84. The largest absolute Gasteiger partial charge is 0.493 e. The number of aliphatic hydroxyl groups is 1. The molecule has 0 heterocycles. The van der Waals surface area contributed by atoms with E-state index in [1.807, 2.05) is 0 Å². The molecule has 1 atom stereocenters. The minimum Gasteiger partial charge on any atom is -0.493 e. The lowest BCUT2D eigenvalue weighted by Gasteiger charge is -2.30. The number of aliphatic hydroxyl groups excluding tert-OH is 1. The molecule has 0 spiro atoms. The molecule has 1 N–H and O–H groups in total. The maximum absolute atomic E-state index is 11.9. The summed E-state index contributed by atoms with van der Waals surface area (Å²) in [5.74, 6) is 3.67. The van der Waals surface area contributed by atoms with Crippen molar-refractivity contribution in [1.29, 1.82) is 0 Å². The molecule has 0 radical (unpaired) electrons. The van der Waals surface area contributed by atoms with Crippen LogP contribution >= 0.6 is 0 Å². The number of hydrogen-bond acceptors (Lipinski definition) is 5. The van der Waals surface area contributed by atoms with Gasteiger partial charge in [0, 0.05) is 31.2 Å². The molecule has 5 heteroatoms. The van der Waals surface area contributed by atoms with E-state index in [9.17, 15) is 5.11 Å². The summed E-state index contributed by atoms with van der Waals surface area (Å²) < 4.78 is 26.6. The molecule has 0 aliphatic heterocycles. The minimum atomic E-state index is -0.683. The maximum Gasteiger partial charge on any atom is 0.126 e. The highest BCUT2D eigenvalue weighted by atomic mass is 16.5. The van der Waals surface area contributed by atoms with E-state index in [0.717, 1.165) is 98.8 Å². The summed E-state index contributed by atoms with van der Waals surface area (Å²) in [7, 11) is 0. The van der Waals surface area contributed by atoms with E-state index in [4.69, 9.17) is 18.9 Å². The summed E-state index contributed by atoms with van der Waals surface area (Å²) in [6.45, 7) is 17.3. The number of rotatable bonds is 13. The van der Waals surface area contributed by atoms with Gasteiger partial charge >= 0.3 is 0 Å². The van der Waals surface area contributed by atoms with Crippen molar-refractivity contribution in [3.05, 3.63) is 117 Å². The molecule has 4 aromatic rings.